The number of phenols is 1. The number of rotatable bonds is 1. The summed E-state index contributed by atoms with van der Waals surface area (Å²) >= 11 is 5.76. The third-order valence-corrected chi connectivity index (χ3v) is 1.92. The first kappa shape index (κ1) is 8.21. The van der Waals surface area contributed by atoms with Crippen molar-refractivity contribution in [3.05, 3.63) is 22.7 Å². The van der Waals surface area contributed by atoms with Crippen molar-refractivity contribution in [2.24, 2.45) is 0 Å². The van der Waals surface area contributed by atoms with Crippen molar-refractivity contribution < 1.29 is 9.84 Å². The number of hydrogen-bond acceptors (Lipinski definition) is 2. The molecule has 0 amide bonds. The van der Waals surface area contributed by atoms with Gasteiger partial charge in [0.1, 0.15) is 11.5 Å². The van der Waals surface area contributed by atoms with Gasteiger partial charge >= 0.3 is 0 Å². The van der Waals surface area contributed by atoms with Crippen molar-refractivity contribution in [1.82, 2.24) is 0 Å². The van der Waals surface area contributed by atoms with Gasteiger partial charge in [0.25, 0.3) is 0 Å². The summed E-state index contributed by atoms with van der Waals surface area (Å²) in [7, 11) is 1.53. The molecule has 1 aromatic carbocycles. The van der Waals surface area contributed by atoms with Crippen molar-refractivity contribution in [3.8, 4) is 11.5 Å². The van der Waals surface area contributed by atoms with Gasteiger partial charge in [0, 0.05) is 11.6 Å². The minimum atomic E-state index is 0.161. The summed E-state index contributed by atoms with van der Waals surface area (Å²) < 4.78 is 4.89. The molecule has 0 saturated carbocycles. The molecule has 0 aliphatic heterocycles. The van der Waals surface area contributed by atoms with E-state index in [1.807, 2.05) is 0 Å². The van der Waals surface area contributed by atoms with Gasteiger partial charge in [-0.05, 0) is 13.0 Å². The highest BCUT2D eigenvalue weighted by molar-refractivity contribution is 6.31. The molecule has 60 valence electrons. The van der Waals surface area contributed by atoms with Gasteiger partial charge in [0.2, 0.25) is 0 Å². The first-order valence-electron chi connectivity index (χ1n) is 3.18. The Labute approximate surface area is 70.4 Å². The van der Waals surface area contributed by atoms with Crippen LogP contribution in [0.1, 0.15) is 5.56 Å². The van der Waals surface area contributed by atoms with E-state index in [1.165, 1.54) is 13.2 Å². The van der Waals surface area contributed by atoms with E-state index in [2.05, 4.69) is 0 Å². The average Bonchev–Trinajstić information content (AvgIpc) is 1.99. The topological polar surface area (TPSA) is 29.5 Å². The Kier molecular flexibility index (Phi) is 2.25. The van der Waals surface area contributed by atoms with E-state index in [0.29, 0.717) is 16.3 Å². The molecule has 1 aromatic rings. The zero-order valence-electron chi connectivity index (χ0n) is 6.39. The quantitative estimate of drug-likeness (QED) is 0.705. The molecule has 0 unspecified atom stereocenters. The zero-order chi connectivity index (χ0) is 8.43. The fourth-order valence-corrected chi connectivity index (χ4v) is 0.962. The normalized spacial score (nSPS) is 9.73. The summed E-state index contributed by atoms with van der Waals surface area (Å²) in [4.78, 5) is 0. The molecule has 0 heterocycles. The van der Waals surface area contributed by atoms with E-state index in [9.17, 15) is 5.11 Å². The predicted molar refractivity (Wildman–Crippen MR) is 44.4 cm³/mol. The van der Waals surface area contributed by atoms with E-state index in [4.69, 9.17) is 16.3 Å². The van der Waals surface area contributed by atoms with Crippen LogP contribution in [0.3, 0.4) is 0 Å². The van der Waals surface area contributed by atoms with Gasteiger partial charge in [-0.15, -0.1) is 0 Å². The smallest absolute Gasteiger partial charge is 0.124 e. The second-order valence-corrected chi connectivity index (χ2v) is 2.66. The maximum absolute atomic E-state index is 9.25. The van der Waals surface area contributed by atoms with E-state index in [1.54, 1.807) is 13.0 Å². The number of benzene rings is 1. The van der Waals surface area contributed by atoms with Gasteiger partial charge in [-0.25, -0.2) is 0 Å². The Morgan fingerprint density at radius 2 is 2.09 bits per heavy atom. The van der Waals surface area contributed by atoms with Crippen LogP contribution in [0.25, 0.3) is 0 Å². The van der Waals surface area contributed by atoms with Gasteiger partial charge in [0.15, 0.2) is 0 Å². The minimum Gasteiger partial charge on any atom is -0.507 e. The van der Waals surface area contributed by atoms with Crippen LogP contribution in [-0.4, -0.2) is 12.2 Å². The van der Waals surface area contributed by atoms with Crippen molar-refractivity contribution in [1.29, 1.82) is 0 Å². The van der Waals surface area contributed by atoms with Crippen molar-refractivity contribution in [3.63, 3.8) is 0 Å². The number of halogens is 1. The summed E-state index contributed by atoms with van der Waals surface area (Å²) in [5.74, 6) is 0.729. The van der Waals surface area contributed by atoms with Crippen molar-refractivity contribution in [2.75, 3.05) is 7.11 Å². The maximum atomic E-state index is 9.25. The molecule has 0 spiro atoms. The Morgan fingerprint density at radius 1 is 1.45 bits per heavy atom. The van der Waals surface area contributed by atoms with Gasteiger partial charge in [-0.1, -0.05) is 11.6 Å². The van der Waals surface area contributed by atoms with Crippen LogP contribution in [0.15, 0.2) is 12.1 Å². The van der Waals surface area contributed by atoms with E-state index >= 15 is 0 Å². The lowest BCUT2D eigenvalue weighted by Gasteiger charge is -2.04. The average molecular weight is 173 g/mol. The molecule has 0 saturated heterocycles. The Bertz CT molecular complexity index is 248. The molecule has 0 radical (unpaired) electrons. The van der Waals surface area contributed by atoms with Gasteiger partial charge in [0.05, 0.1) is 12.1 Å². The fourth-order valence-electron chi connectivity index (χ4n) is 0.758. The molecule has 0 aliphatic carbocycles. The standard InChI is InChI=1S/C8H9ClO2/c1-5-7(9)3-6(11-2)4-8(5)10/h3-4,10H,1-2H3. The van der Waals surface area contributed by atoms with Crippen molar-refractivity contribution >= 4 is 11.6 Å². The van der Waals surface area contributed by atoms with Crippen LogP contribution < -0.4 is 4.74 Å². The lowest BCUT2D eigenvalue weighted by Crippen LogP contribution is -1.84. The maximum Gasteiger partial charge on any atom is 0.124 e. The third kappa shape index (κ3) is 1.57. The van der Waals surface area contributed by atoms with Crippen LogP contribution in [0.5, 0.6) is 11.5 Å². The van der Waals surface area contributed by atoms with Crippen LogP contribution >= 0.6 is 11.6 Å². The molecule has 1 rings (SSSR count). The fraction of sp³-hybridized carbons (Fsp3) is 0.250. The van der Waals surface area contributed by atoms with Crippen LogP contribution in [-0.2, 0) is 0 Å². The molecule has 3 heteroatoms. The number of aromatic hydroxyl groups is 1. The number of phenolic OH excluding ortho intramolecular Hbond substituents is 1. The SMILES string of the molecule is COc1cc(O)c(C)c(Cl)c1. The lowest BCUT2D eigenvalue weighted by molar-refractivity contribution is 0.407. The van der Waals surface area contributed by atoms with Crippen LogP contribution in [0, 0.1) is 6.92 Å². The summed E-state index contributed by atoms with van der Waals surface area (Å²) in [5, 5.41) is 9.76. The number of methoxy groups -OCH3 is 1. The molecule has 1 N–H and O–H groups in total. The monoisotopic (exact) mass is 172 g/mol. The summed E-state index contributed by atoms with van der Waals surface area (Å²) in [6.07, 6.45) is 0. The molecule has 0 aliphatic rings. The summed E-state index contributed by atoms with van der Waals surface area (Å²) in [5.41, 5.74) is 0.674. The second kappa shape index (κ2) is 3.01. The minimum absolute atomic E-state index is 0.161. The first-order valence-corrected chi connectivity index (χ1v) is 3.56. The molecule has 0 aromatic heterocycles. The number of hydrogen-bond donors (Lipinski definition) is 1. The highest BCUT2D eigenvalue weighted by Crippen LogP contribution is 2.29. The molecular weight excluding hydrogens is 164 g/mol. The van der Waals surface area contributed by atoms with Crippen molar-refractivity contribution in [2.45, 2.75) is 6.92 Å². The Balaban J connectivity index is 3.21. The third-order valence-electron chi connectivity index (χ3n) is 1.53. The van der Waals surface area contributed by atoms with E-state index in [0.717, 1.165) is 0 Å². The van der Waals surface area contributed by atoms with E-state index in [-0.39, 0.29) is 5.75 Å². The highest BCUT2D eigenvalue weighted by atomic mass is 35.5. The van der Waals surface area contributed by atoms with Gasteiger partial charge in [-0.3, -0.25) is 0 Å². The Morgan fingerprint density at radius 3 is 2.55 bits per heavy atom. The molecule has 11 heavy (non-hydrogen) atoms. The first-order chi connectivity index (χ1) is 5.15. The highest BCUT2D eigenvalue weighted by Gasteiger charge is 2.03. The van der Waals surface area contributed by atoms with E-state index < -0.39 is 0 Å². The molecule has 0 bridgehead atoms. The zero-order valence-corrected chi connectivity index (χ0v) is 7.14. The molecule has 0 fully saturated rings. The molecule has 0 atom stereocenters. The number of ether oxygens (including phenoxy) is 1. The molecule has 2 nitrogen and oxygen atoms in total. The summed E-state index contributed by atoms with van der Waals surface area (Å²) in [6, 6.07) is 3.19. The Hall–Kier alpha value is -0.890. The van der Waals surface area contributed by atoms with Crippen LogP contribution in [0.4, 0.5) is 0 Å². The van der Waals surface area contributed by atoms with Crippen LogP contribution in [0.2, 0.25) is 5.02 Å². The largest absolute Gasteiger partial charge is 0.507 e. The summed E-state index contributed by atoms with van der Waals surface area (Å²) in [6.45, 7) is 1.75. The van der Waals surface area contributed by atoms with Gasteiger partial charge < -0.3 is 9.84 Å². The molecular formula is C8H9ClO2. The lowest BCUT2D eigenvalue weighted by atomic mass is 10.2. The van der Waals surface area contributed by atoms with Gasteiger partial charge in [-0.2, -0.15) is 0 Å². The second-order valence-electron chi connectivity index (χ2n) is 2.25. The predicted octanol–water partition coefficient (Wildman–Crippen LogP) is 2.36.